The Kier molecular flexibility index (Phi) is 7.69. The summed E-state index contributed by atoms with van der Waals surface area (Å²) in [5.41, 5.74) is 1.70. The molecule has 1 heterocycles. The number of anilines is 1. The fourth-order valence-electron chi connectivity index (χ4n) is 2.39. The van der Waals surface area contributed by atoms with E-state index in [0.717, 1.165) is 17.1 Å². The molecule has 26 heavy (non-hydrogen) atoms. The summed E-state index contributed by atoms with van der Waals surface area (Å²) in [6.45, 7) is 9.32. The molecule has 0 aliphatic heterocycles. The fourth-order valence-corrected chi connectivity index (χ4v) is 2.39. The first-order valence-corrected chi connectivity index (χ1v) is 8.86. The van der Waals surface area contributed by atoms with Crippen LogP contribution in [-0.2, 0) is 16.1 Å². The molecule has 1 aromatic carbocycles. The lowest BCUT2D eigenvalue weighted by atomic mass is 10.2. The number of ether oxygens (including phenoxy) is 2. The zero-order valence-electron chi connectivity index (χ0n) is 15.9. The van der Waals surface area contributed by atoms with Crippen LogP contribution in [0.15, 0.2) is 40.8 Å². The summed E-state index contributed by atoms with van der Waals surface area (Å²) in [6.07, 6.45) is 0.206. The molecular formula is C20H28N2O4. The number of aryl methyl sites for hydroxylation is 1. The Morgan fingerprint density at radius 1 is 1.15 bits per heavy atom. The van der Waals surface area contributed by atoms with Crippen molar-refractivity contribution in [2.75, 3.05) is 18.5 Å². The Hall–Kier alpha value is -2.31. The molecule has 2 rings (SSSR count). The highest BCUT2D eigenvalue weighted by Gasteiger charge is 2.12. The zero-order chi connectivity index (χ0) is 18.9. The third kappa shape index (κ3) is 6.90. The molecular weight excluding hydrogens is 332 g/mol. The van der Waals surface area contributed by atoms with E-state index < -0.39 is 0 Å². The van der Waals surface area contributed by atoms with Crippen molar-refractivity contribution in [1.29, 1.82) is 0 Å². The average molecular weight is 360 g/mol. The van der Waals surface area contributed by atoms with Crippen LogP contribution < -0.4 is 10.6 Å². The SMILES string of the molecule is Cc1ccc(C(C)NC(=O)Nc2cccc(COCCOC(C)C)c2)o1. The number of amides is 2. The van der Waals surface area contributed by atoms with E-state index in [-0.39, 0.29) is 18.2 Å². The largest absolute Gasteiger partial charge is 0.464 e. The van der Waals surface area contributed by atoms with E-state index in [1.54, 1.807) is 0 Å². The van der Waals surface area contributed by atoms with Gasteiger partial charge in [0.2, 0.25) is 0 Å². The van der Waals surface area contributed by atoms with Gasteiger partial charge in [-0.25, -0.2) is 4.79 Å². The number of urea groups is 1. The van der Waals surface area contributed by atoms with Crippen LogP contribution in [0.3, 0.4) is 0 Å². The van der Waals surface area contributed by atoms with Crippen molar-refractivity contribution in [1.82, 2.24) is 5.32 Å². The Labute approximate surface area is 154 Å². The van der Waals surface area contributed by atoms with E-state index in [1.165, 1.54) is 0 Å². The Bertz CT molecular complexity index is 697. The lowest BCUT2D eigenvalue weighted by molar-refractivity contribution is 0.0143. The predicted molar refractivity (Wildman–Crippen MR) is 101 cm³/mol. The van der Waals surface area contributed by atoms with Gasteiger partial charge in [-0.2, -0.15) is 0 Å². The van der Waals surface area contributed by atoms with Crippen LogP contribution in [0.4, 0.5) is 10.5 Å². The van der Waals surface area contributed by atoms with Crippen LogP contribution in [0.5, 0.6) is 0 Å². The molecule has 0 aliphatic rings. The summed E-state index contributed by atoms with van der Waals surface area (Å²) < 4.78 is 16.5. The molecule has 0 fully saturated rings. The van der Waals surface area contributed by atoms with Crippen molar-refractivity contribution in [2.45, 2.75) is 46.4 Å². The summed E-state index contributed by atoms with van der Waals surface area (Å²) >= 11 is 0. The first kappa shape index (κ1) is 20.0. The number of rotatable bonds is 9. The van der Waals surface area contributed by atoms with Crippen LogP contribution in [0.2, 0.25) is 0 Å². The number of hydrogen-bond acceptors (Lipinski definition) is 4. The van der Waals surface area contributed by atoms with Gasteiger partial charge in [-0.3, -0.25) is 0 Å². The molecule has 6 nitrogen and oxygen atoms in total. The van der Waals surface area contributed by atoms with Crippen molar-refractivity contribution >= 4 is 11.7 Å². The van der Waals surface area contributed by atoms with Crippen molar-refractivity contribution in [3.8, 4) is 0 Å². The van der Waals surface area contributed by atoms with Crippen LogP contribution in [0.1, 0.15) is 43.9 Å². The number of furan rings is 1. The van der Waals surface area contributed by atoms with Crippen LogP contribution in [-0.4, -0.2) is 25.3 Å². The monoisotopic (exact) mass is 360 g/mol. The van der Waals surface area contributed by atoms with Crippen molar-refractivity contribution < 1.29 is 18.7 Å². The molecule has 6 heteroatoms. The van der Waals surface area contributed by atoms with E-state index in [4.69, 9.17) is 13.9 Å². The number of benzene rings is 1. The van der Waals surface area contributed by atoms with Crippen LogP contribution in [0.25, 0.3) is 0 Å². The highest BCUT2D eigenvalue weighted by Crippen LogP contribution is 2.16. The summed E-state index contributed by atoms with van der Waals surface area (Å²) in [7, 11) is 0. The van der Waals surface area contributed by atoms with Crippen molar-refractivity contribution in [2.24, 2.45) is 0 Å². The molecule has 1 atom stereocenters. The molecule has 1 aromatic heterocycles. The van der Waals surface area contributed by atoms with Crippen molar-refractivity contribution in [3.63, 3.8) is 0 Å². The molecule has 0 bridgehead atoms. The van der Waals surface area contributed by atoms with Gasteiger partial charge < -0.3 is 24.5 Å². The van der Waals surface area contributed by atoms with Gasteiger partial charge in [0.15, 0.2) is 0 Å². The third-order valence-corrected chi connectivity index (χ3v) is 3.67. The minimum atomic E-state index is -0.282. The van der Waals surface area contributed by atoms with Gasteiger partial charge in [-0.15, -0.1) is 0 Å². The second-order valence-electron chi connectivity index (χ2n) is 6.44. The zero-order valence-corrected chi connectivity index (χ0v) is 15.9. The highest BCUT2D eigenvalue weighted by molar-refractivity contribution is 5.89. The molecule has 0 saturated carbocycles. The number of carbonyl (C=O) groups is 1. The minimum absolute atomic E-state index is 0.206. The smallest absolute Gasteiger partial charge is 0.319 e. The maximum absolute atomic E-state index is 12.2. The van der Waals surface area contributed by atoms with Gasteiger partial charge in [-0.05, 0) is 57.5 Å². The third-order valence-electron chi connectivity index (χ3n) is 3.67. The number of hydrogen-bond donors (Lipinski definition) is 2. The standard InChI is InChI=1S/C20H28N2O4/c1-14(2)25-11-10-24-13-17-6-5-7-18(12-17)22-20(23)21-16(4)19-9-8-15(3)26-19/h5-9,12,14,16H,10-11,13H2,1-4H3,(H2,21,22,23). The molecule has 2 aromatic rings. The minimum Gasteiger partial charge on any atom is -0.464 e. The second-order valence-corrected chi connectivity index (χ2v) is 6.44. The molecule has 2 N–H and O–H groups in total. The van der Waals surface area contributed by atoms with Crippen LogP contribution in [0, 0.1) is 6.92 Å². The number of nitrogens with one attached hydrogen (secondary N) is 2. The van der Waals surface area contributed by atoms with Crippen LogP contribution >= 0.6 is 0 Å². The molecule has 0 radical (unpaired) electrons. The Balaban J connectivity index is 1.78. The lowest BCUT2D eigenvalue weighted by Crippen LogP contribution is -2.31. The van der Waals surface area contributed by atoms with E-state index >= 15 is 0 Å². The first-order chi connectivity index (χ1) is 12.4. The van der Waals surface area contributed by atoms with E-state index in [1.807, 2.05) is 64.1 Å². The first-order valence-electron chi connectivity index (χ1n) is 8.86. The maximum atomic E-state index is 12.2. The summed E-state index contributed by atoms with van der Waals surface area (Å²) in [5.74, 6) is 1.55. The van der Waals surface area contributed by atoms with Gasteiger partial charge in [0.05, 0.1) is 32.0 Å². The van der Waals surface area contributed by atoms with E-state index in [2.05, 4.69) is 10.6 Å². The van der Waals surface area contributed by atoms with Gasteiger partial charge in [0, 0.05) is 5.69 Å². The van der Waals surface area contributed by atoms with Gasteiger partial charge >= 0.3 is 6.03 Å². The Morgan fingerprint density at radius 2 is 1.96 bits per heavy atom. The molecule has 0 saturated heterocycles. The molecule has 1 unspecified atom stereocenters. The summed E-state index contributed by atoms with van der Waals surface area (Å²) in [6, 6.07) is 10.8. The van der Waals surface area contributed by atoms with Crippen molar-refractivity contribution in [3.05, 3.63) is 53.5 Å². The van der Waals surface area contributed by atoms with E-state index in [0.29, 0.717) is 25.5 Å². The molecule has 2 amide bonds. The molecule has 142 valence electrons. The fraction of sp³-hybridized carbons (Fsp3) is 0.450. The maximum Gasteiger partial charge on any atom is 0.319 e. The second kappa shape index (κ2) is 9.99. The topological polar surface area (TPSA) is 72.7 Å². The predicted octanol–water partition coefficient (Wildman–Crippen LogP) is 4.41. The molecule has 0 spiro atoms. The van der Waals surface area contributed by atoms with Gasteiger partial charge in [-0.1, -0.05) is 12.1 Å². The van der Waals surface area contributed by atoms with Gasteiger partial charge in [0.1, 0.15) is 11.5 Å². The lowest BCUT2D eigenvalue weighted by Gasteiger charge is -2.13. The quantitative estimate of drug-likeness (QED) is 0.650. The normalized spacial score (nSPS) is 12.2. The number of carbonyl (C=O) groups excluding carboxylic acids is 1. The Morgan fingerprint density at radius 3 is 2.65 bits per heavy atom. The van der Waals surface area contributed by atoms with E-state index in [9.17, 15) is 4.79 Å². The average Bonchev–Trinajstić information content (AvgIpc) is 3.01. The summed E-state index contributed by atoms with van der Waals surface area (Å²) in [4.78, 5) is 12.2. The highest BCUT2D eigenvalue weighted by atomic mass is 16.5. The molecule has 0 aliphatic carbocycles. The van der Waals surface area contributed by atoms with Gasteiger partial charge in [0.25, 0.3) is 0 Å². The summed E-state index contributed by atoms with van der Waals surface area (Å²) in [5, 5.41) is 5.69.